The molecule has 0 aliphatic rings. The molecule has 2 rings (SSSR count). The fraction of sp³-hybridized carbons (Fsp3) is 0.100. The largest absolute Gasteiger partial charge is 0.381 e. The van der Waals surface area contributed by atoms with Gasteiger partial charge in [0.2, 0.25) is 0 Å². The van der Waals surface area contributed by atoms with Gasteiger partial charge in [0.25, 0.3) is 0 Å². The lowest BCUT2D eigenvalue weighted by Gasteiger charge is -2.01. The van der Waals surface area contributed by atoms with Crippen LogP contribution >= 0.6 is 0 Å². The summed E-state index contributed by atoms with van der Waals surface area (Å²) in [6.07, 6.45) is 0. The molecule has 0 amide bonds. The maximum absolute atomic E-state index is 13.4. The molecule has 0 atom stereocenters. The minimum atomic E-state index is -0.700. The SMILES string of the molecule is Cc1cc(-c2cc(N)no2)c(F)cc1F. The third kappa shape index (κ3) is 1.68. The molecule has 0 spiro atoms. The molecule has 5 heteroatoms. The van der Waals surface area contributed by atoms with E-state index in [1.807, 2.05) is 0 Å². The van der Waals surface area contributed by atoms with Crippen molar-refractivity contribution in [3.8, 4) is 11.3 Å². The molecule has 15 heavy (non-hydrogen) atoms. The Morgan fingerprint density at radius 2 is 1.93 bits per heavy atom. The molecule has 0 aliphatic heterocycles. The summed E-state index contributed by atoms with van der Waals surface area (Å²) in [7, 11) is 0. The van der Waals surface area contributed by atoms with E-state index in [0.717, 1.165) is 6.07 Å². The van der Waals surface area contributed by atoms with Crippen LogP contribution in [-0.2, 0) is 0 Å². The van der Waals surface area contributed by atoms with Crippen LogP contribution in [-0.4, -0.2) is 5.16 Å². The summed E-state index contributed by atoms with van der Waals surface area (Å²) < 4.78 is 31.1. The molecule has 0 radical (unpaired) electrons. The molecule has 0 saturated heterocycles. The van der Waals surface area contributed by atoms with E-state index < -0.39 is 11.6 Å². The maximum atomic E-state index is 13.4. The minimum absolute atomic E-state index is 0.151. The lowest BCUT2D eigenvalue weighted by molar-refractivity contribution is 0.433. The first-order valence-electron chi connectivity index (χ1n) is 4.26. The average Bonchev–Trinajstić information content (AvgIpc) is 2.58. The fourth-order valence-corrected chi connectivity index (χ4v) is 1.26. The zero-order valence-corrected chi connectivity index (χ0v) is 7.92. The predicted octanol–water partition coefficient (Wildman–Crippen LogP) is 2.51. The quantitative estimate of drug-likeness (QED) is 0.786. The van der Waals surface area contributed by atoms with Gasteiger partial charge in [-0.05, 0) is 18.6 Å². The summed E-state index contributed by atoms with van der Waals surface area (Å²) in [5, 5.41) is 3.43. The summed E-state index contributed by atoms with van der Waals surface area (Å²) in [5.41, 5.74) is 5.82. The number of halogens is 2. The van der Waals surface area contributed by atoms with Gasteiger partial charge in [-0.2, -0.15) is 0 Å². The third-order valence-electron chi connectivity index (χ3n) is 2.04. The van der Waals surface area contributed by atoms with E-state index in [0.29, 0.717) is 5.56 Å². The summed E-state index contributed by atoms with van der Waals surface area (Å²) in [4.78, 5) is 0. The zero-order valence-electron chi connectivity index (χ0n) is 7.92. The van der Waals surface area contributed by atoms with Crippen LogP contribution in [0.5, 0.6) is 0 Å². The number of benzene rings is 1. The van der Waals surface area contributed by atoms with Crippen LogP contribution in [0.1, 0.15) is 5.56 Å². The predicted molar refractivity (Wildman–Crippen MR) is 51.0 cm³/mol. The van der Waals surface area contributed by atoms with Crippen molar-refractivity contribution in [1.29, 1.82) is 0 Å². The van der Waals surface area contributed by atoms with Gasteiger partial charge in [0, 0.05) is 12.1 Å². The number of aryl methyl sites for hydroxylation is 1. The monoisotopic (exact) mass is 210 g/mol. The van der Waals surface area contributed by atoms with E-state index in [-0.39, 0.29) is 17.1 Å². The van der Waals surface area contributed by atoms with Crippen LogP contribution in [0.2, 0.25) is 0 Å². The second-order valence-electron chi connectivity index (χ2n) is 3.20. The van der Waals surface area contributed by atoms with Crippen molar-refractivity contribution in [1.82, 2.24) is 5.16 Å². The molecule has 0 fully saturated rings. The molecule has 0 saturated carbocycles. The number of rotatable bonds is 1. The van der Waals surface area contributed by atoms with Gasteiger partial charge in [0.1, 0.15) is 11.6 Å². The van der Waals surface area contributed by atoms with Crippen molar-refractivity contribution in [2.45, 2.75) is 6.92 Å². The summed E-state index contributed by atoms with van der Waals surface area (Å²) in [6, 6.07) is 3.55. The number of aromatic nitrogens is 1. The van der Waals surface area contributed by atoms with Crippen molar-refractivity contribution >= 4 is 5.82 Å². The van der Waals surface area contributed by atoms with Crippen LogP contribution < -0.4 is 5.73 Å². The van der Waals surface area contributed by atoms with E-state index in [4.69, 9.17) is 10.3 Å². The van der Waals surface area contributed by atoms with E-state index in [2.05, 4.69) is 5.16 Å². The molecule has 1 aromatic carbocycles. The van der Waals surface area contributed by atoms with Crippen molar-refractivity contribution in [3.05, 3.63) is 35.4 Å². The van der Waals surface area contributed by atoms with E-state index in [9.17, 15) is 8.78 Å². The highest BCUT2D eigenvalue weighted by Crippen LogP contribution is 2.26. The lowest BCUT2D eigenvalue weighted by atomic mass is 10.1. The number of nitrogens with two attached hydrogens (primary N) is 1. The molecule has 2 aromatic rings. The Morgan fingerprint density at radius 3 is 2.53 bits per heavy atom. The summed E-state index contributed by atoms with van der Waals surface area (Å²) in [5.74, 6) is -0.947. The summed E-state index contributed by atoms with van der Waals surface area (Å²) in [6.45, 7) is 1.54. The van der Waals surface area contributed by atoms with Gasteiger partial charge in [-0.15, -0.1) is 0 Å². The zero-order chi connectivity index (χ0) is 11.0. The van der Waals surface area contributed by atoms with Gasteiger partial charge in [0.05, 0.1) is 5.56 Å². The average molecular weight is 210 g/mol. The van der Waals surface area contributed by atoms with Crippen molar-refractivity contribution in [3.63, 3.8) is 0 Å². The smallest absolute Gasteiger partial charge is 0.172 e. The molecule has 0 unspecified atom stereocenters. The molecular formula is C10H8F2N2O. The molecule has 78 valence electrons. The number of nitrogen functional groups attached to an aromatic ring is 1. The molecule has 0 aliphatic carbocycles. The Hall–Kier alpha value is -1.91. The van der Waals surface area contributed by atoms with Crippen molar-refractivity contribution < 1.29 is 13.3 Å². The van der Waals surface area contributed by atoms with Crippen LogP contribution in [0.4, 0.5) is 14.6 Å². The van der Waals surface area contributed by atoms with Gasteiger partial charge in [-0.25, -0.2) is 8.78 Å². The maximum Gasteiger partial charge on any atom is 0.172 e. The molecule has 3 nitrogen and oxygen atoms in total. The van der Waals surface area contributed by atoms with E-state index in [1.54, 1.807) is 0 Å². The topological polar surface area (TPSA) is 52.0 Å². The molecular weight excluding hydrogens is 202 g/mol. The van der Waals surface area contributed by atoms with Gasteiger partial charge in [-0.3, -0.25) is 0 Å². The second kappa shape index (κ2) is 3.34. The van der Waals surface area contributed by atoms with E-state index >= 15 is 0 Å². The first-order chi connectivity index (χ1) is 7.08. The van der Waals surface area contributed by atoms with Gasteiger partial charge in [0.15, 0.2) is 11.6 Å². The standard InChI is InChI=1S/C10H8F2N2O/c1-5-2-6(8(12)3-7(5)11)9-4-10(13)14-15-9/h2-4H,1H3,(H2,13,14). The Balaban J connectivity index is 2.58. The number of anilines is 1. The Bertz CT molecular complexity index is 508. The lowest BCUT2D eigenvalue weighted by Crippen LogP contribution is -1.89. The van der Waals surface area contributed by atoms with Crippen molar-refractivity contribution in [2.75, 3.05) is 5.73 Å². The van der Waals surface area contributed by atoms with Crippen molar-refractivity contribution in [2.24, 2.45) is 0 Å². The highest BCUT2D eigenvalue weighted by Gasteiger charge is 2.13. The van der Waals surface area contributed by atoms with E-state index in [1.165, 1.54) is 19.1 Å². The Kier molecular flexibility index (Phi) is 2.15. The number of nitrogens with zero attached hydrogens (tertiary/aromatic N) is 1. The Morgan fingerprint density at radius 1 is 1.20 bits per heavy atom. The first kappa shape index (κ1) is 9.64. The van der Waals surface area contributed by atoms with Crippen LogP contribution in [0.25, 0.3) is 11.3 Å². The van der Waals surface area contributed by atoms with Crippen LogP contribution in [0.15, 0.2) is 22.7 Å². The van der Waals surface area contributed by atoms with Crippen LogP contribution in [0.3, 0.4) is 0 Å². The fourth-order valence-electron chi connectivity index (χ4n) is 1.26. The number of hydrogen-bond donors (Lipinski definition) is 1. The molecule has 2 N–H and O–H groups in total. The minimum Gasteiger partial charge on any atom is -0.381 e. The Labute approximate surface area is 84.5 Å². The molecule has 0 bridgehead atoms. The van der Waals surface area contributed by atoms with Gasteiger partial charge < -0.3 is 10.3 Å². The highest BCUT2D eigenvalue weighted by molar-refractivity contribution is 5.61. The number of hydrogen-bond acceptors (Lipinski definition) is 3. The highest BCUT2D eigenvalue weighted by atomic mass is 19.1. The van der Waals surface area contributed by atoms with Crippen LogP contribution in [0, 0.1) is 18.6 Å². The second-order valence-corrected chi connectivity index (χ2v) is 3.20. The normalized spacial score (nSPS) is 10.6. The van der Waals surface area contributed by atoms with Gasteiger partial charge >= 0.3 is 0 Å². The molecule has 1 aromatic heterocycles. The summed E-state index contributed by atoms with van der Waals surface area (Å²) >= 11 is 0. The molecule has 1 heterocycles. The third-order valence-corrected chi connectivity index (χ3v) is 2.04. The first-order valence-corrected chi connectivity index (χ1v) is 4.26. The van der Waals surface area contributed by atoms with Gasteiger partial charge in [-0.1, -0.05) is 5.16 Å².